The smallest absolute Gasteiger partial charge is 0.255 e. The van der Waals surface area contributed by atoms with Gasteiger partial charge >= 0.3 is 0 Å². The van der Waals surface area contributed by atoms with Gasteiger partial charge in [-0.1, -0.05) is 6.92 Å². The summed E-state index contributed by atoms with van der Waals surface area (Å²) in [7, 11) is 0. The Morgan fingerprint density at radius 1 is 1.28 bits per heavy atom. The predicted molar refractivity (Wildman–Crippen MR) is 99.4 cm³/mol. The van der Waals surface area contributed by atoms with E-state index in [1.807, 2.05) is 42.2 Å². The standard InChI is InChI=1S/C20H25N3O2/c1-3-25-19-8-6-17(7-9-19)22-18-11-16(12-21-13-18)20(24)23-10-4-5-15(2)14-23/h6-9,11-13,15,22H,3-5,10,14H2,1-2H3. The number of ether oxygens (including phenoxy) is 1. The Morgan fingerprint density at radius 2 is 2.08 bits per heavy atom. The van der Waals surface area contributed by atoms with Crippen LogP contribution in [0.4, 0.5) is 11.4 Å². The van der Waals surface area contributed by atoms with Gasteiger partial charge in [0.05, 0.1) is 24.1 Å². The molecule has 25 heavy (non-hydrogen) atoms. The first-order chi connectivity index (χ1) is 12.2. The summed E-state index contributed by atoms with van der Waals surface area (Å²) in [5.41, 5.74) is 2.37. The monoisotopic (exact) mass is 339 g/mol. The van der Waals surface area contributed by atoms with Crippen molar-refractivity contribution in [3.8, 4) is 5.75 Å². The summed E-state index contributed by atoms with van der Waals surface area (Å²) in [6.45, 7) is 6.47. The number of hydrogen-bond donors (Lipinski definition) is 1. The SMILES string of the molecule is CCOc1ccc(Nc2cncc(C(=O)N3CCCC(C)C3)c2)cc1. The van der Waals surface area contributed by atoms with Crippen molar-refractivity contribution in [2.45, 2.75) is 26.7 Å². The second-order valence-electron chi connectivity index (χ2n) is 6.54. The summed E-state index contributed by atoms with van der Waals surface area (Å²) in [5.74, 6) is 1.47. The molecule has 1 aromatic carbocycles. The minimum atomic E-state index is 0.0643. The lowest BCUT2D eigenvalue weighted by Gasteiger charge is -2.31. The van der Waals surface area contributed by atoms with Crippen LogP contribution in [0.5, 0.6) is 5.75 Å². The van der Waals surface area contributed by atoms with Crippen molar-refractivity contribution in [2.24, 2.45) is 5.92 Å². The van der Waals surface area contributed by atoms with E-state index in [1.165, 1.54) is 6.42 Å². The quantitative estimate of drug-likeness (QED) is 0.891. The van der Waals surface area contributed by atoms with Gasteiger partial charge in [-0.25, -0.2) is 0 Å². The maximum Gasteiger partial charge on any atom is 0.255 e. The molecule has 132 valence electrons. The van der Waals surface area contributed by atoms with Gasteiger partial charge in [0.15, 0.2) is 0 Å². The van der Waals surface area contributed by atoms with Crippen LogP contribution < -0.4 is 10.1 Å². The lowest BCUT2D eigenvalue weighted by atomic mass is 10.00. The van der Waals surface area contributed by atoms with Gasteiger partial charge < -0.3 is 15.0 Å². The first-order valence-electron chi connectivity index (χ1n) is 8.90. The van der Waals surface area contributed by atoms with Gasteiger partial charge in [-0.05, 0) is 56.0 Å². The predicted octanol–water partition coefficient (Wildman–Crippen LogP) is 4.10. The van der Waals surface area contributed by atoms with E-state index in [-0.39, 0.29) is 5.91 Å². The van der Waals surface area contributed by atoms with E-state index in [2.05, 4.69) is 17.2 Å². The maximum absolute atomic E-state index is 12.7. The molecule has 1 amide bonds. The Morgan fingerprint density at radius 3 is 2.80 bits per heavy atom. The fourth-order valence-electron chi connectivity index (χ4n) is 3.15. The first-order valence-corrected chi connectivity index (χ1v) is 8.90. The van der Waals surface area contributed by atoms with E-state index in [0.717, 1.165) is 36.6 Å². The number of carbonyl (C=O) groups excluding carboxylic acids is 1. The Balaban J connectivity index is 1.69. The molecule has 5 nitrogen and oxygen atoms in total. The van der Waals surface area contributed by atoms with Gasteiger partial charge in [0, 0.05) is 25.0 Å². The van der Waals surface area contributed by atoms with E-state index in [0.29, 0.717) is 18.1 Å². The van der Waals surface area contributed by atoms with Crippen molar-refractivity contribution in [3.05, 3.63) is 48.3 Å². The number of amides is 1. The van der Waals surface area contributed by atoms with E-state index < -0.39 is 0 Å². The Hall–Kier alpha value is -2.56. The van der Waals surface area contributed by atoms with Gasteiger partial charge in [-0.3, -0.25) is 9.78 Å². The molecule has 1 aliphatic rings. The zero-order valence-electron chi connectivity index (χ0n) is 14.9. The molecule has 0 aliphatic carbocycles. The summed E-state index contributed by atoms with van der Waals surface area (Å²) in [6.07, 6.45) is 5.64. The molecule has 3 rings (SSSR count). The van der Waals surface area contributed by atoms with Crippen LogP contribution in [-0.4, -0.2) is 35.5 Å². The van der Waals surface area contributed by atoms with E-state index in [4.69, 9.17) is 4.74 Å². The second-order valence-corrected chi connectivity index (χ2v) is 6.54. The zero-order chi connectivity index (χ0) is 17.6. The highest BCUT2D eigenvalue weighted by atomic mass is 16.5. The normalized spacial score (nSPS) is 17.2. The molecular formula is C20H25N3O2. The lowest BCUT2D eigenvalue weighted by Crippen LogP contribution is -2.39. The van der Waals surface area contributed by atoms with Crippen LogP contribution in [0, 0.1) is 5.92 Å². The lowest BCUT2D eigenvalue weighted by molar-refractivity contribution is 0.0682. The van der Waals surface area contributed by atoms with E-state index in [9.17, 15) is 4.79 Å². The second kappa shape index (κ2) is 8.01. The van der Waals surface area contributed by atoms with Crippen molar-refractivity contribution < 1.29 is 9.53 Å². The molecule has 2 aromatic rings. The highest BCUT2D eigenvalue weighted by Gasteiger charge is 2.22. The fourth-order valence-corrected chi connectivity index (χ4v) is 3.15. The fraction of sp³-hybridized carbons (Fsp3) is 0.400. The molecule has 0 spiro atoms. The number of nitrogens with one attached hydrogen (secondary N) is 1. The third-order valence-electron chi connectivity index (χ3n) is 4.38. The molecular weight excluding hydrogens is 314 g/mol. The highest BCUT2D eigenvalue weighted by Crippen LogP contribution is 2.22. The largest absolute Gasteiger partial charge is 0.494 e. The molecule has 0 radical (unpaired) electrons. The van der Waals surface area contributed by atoms with Gasteiger partial charge in [0.1, 0.15) is 5.75 Å². The highest BCUT2D eigenvalue weighted by molar-refractivity contribution is 5.95. The minimum Gasteiger partial charge on any atom is -0.494 e. The number of piperidine rings is 1. The first kappa shape index (κ1) is 17.3. The number of rotatable bonds is 5. The summed E-state index contributed by atoms with van der Waals surface area (Å²) < 4.78 is 5.45. The molecule has 1 fully saturated rings. The Bertz CT molecular complexity index is 715. The third kappa shape index (κ3) is 4.50. The molecule has 1 atom stereocenters. The molecule has 1 aliphatic heterocycles. The summed E-state index contributed by atoms with van der Waals surface area (Å²) in [4.78, 5) is 18.9. The van der Waals surface area contributed by atoms with Crippen LogP contribution in [0.2, 0.25) is 0 Å². The van der Waals surface area contributed by atoms with Crippen LogP contribution in [0.15, 0.2) is 42.7 Å². The summed E-state index contributed by atoms with van der Waals surface area (Å²) in [6, 6.07) is 9.61. The Labute approximate surface area is 149 Å². The molecule has 0 saturated carbocycles. The van der Waals surface area contributed by atoms with Gasteiger partial charge in [0.2, 0.25) is 0 Å². The number of likely N-dealkylation sites (tertiary alicyclic amines) is 1. The minimum absolute atomic E-state index is 0.0643. The molecule has 1 N–H and O–H groups in total. The molecule has 2 heterocycles. The third-order valence-corrected chi connectivity index (χ3v) is 4.38. The van der Waals surface area contributed by atoms with E-state index in [1.54, 1.807) is 12.4 Å². The summed E-state index contributed by atoms with van der Waals surface area (Å²) >= 11 is 0. The van der Waals surface area contributed by atoms with Crippen molar-refractivity contribution in [1.82, 2.24) is 9.88 Å². The molecule has 1 saturated heterocycles. The number of nitrogens with zero attached hydrogens (tertiary/aromatic N) is 2. The average molecular weight is 339 g/mol. The number of hydrogen-bond acceptors (Lipinski definition) is 4. The topological polar surface area (TPSA) is 54.5 Å². The number of pyridine rings is 1. The van der Waals surface area contributed by atoms with Crippen LogP contribution in [0.1, 0.15) is 37.0 Å². The maximum atomic E-state index is 12.7. The van der Waals surface area contributed by atoms with Crippen LogP contribution >= 0.6 is 0 Å². The molecule has 0 bridgehead atoms. The Kier molecular flexibility index (Phi) is 5.53. The number of carbonyl (C=O) groups is 1. The number of benzene rings is 1. The number of aromatic nitrogens is 1. The van der Waals surface area contributed by atoms with Gasteiger partial charge in [0.25, 0.3) is 5.91 Å². The van der Waals surface area contributed by atoms with Gasteiger partial charge in [-0.15, -0.1) is 0 Å². The molecule has 1 unspecified atom stereocenters. The van der Waals surface area contributed by atoms with Crippen molar-refractivity contribution in [3.63, 3.8) is 0 Å². The van der Waals surface area contributed by atoms with E-state index >= 15 is 0 Å². The molecule has 5 heteroatoms. The zero-order valence-corrected chi connectivity index (χ0v) is 14.9. The van der Waals surface area contributed by atoms with Crippen molar-refractivity contribution >= 4 is 17.3 Å². The van der Waals surface area contributed by atoms with Crippen LogP contribution in [0.3, 0.4) is 0 Å². The van der Waals surface area contributed by atoms with Crippen LogP contribution in [-0.2, 0) is 0 Å². The average Bonchev–Trinajstić information content (AvgIpc) is 2.63. The van der Waals surface area contributed by atoms with Gasteiger partial charge in [-0.2, -0.15) is 0 Å². The number of anilines is 2. The van der Waals surface area contributed by atoms with Crippen molar-refractivity contribution in [1.29, 1.82) is 0 Å². The molecule has 1 aromatic heterocycles. The van der Waals surface area contributed by atoms with Crippen molar-refractivity contribution in [2.75, 3.05) is 25.0 Å². The summed E-state index contributed by atoms with van der Waals surface area (Å²) in [5, 5.41) is 3.29. The van der Waals surface area contributed by atoms with Crippen LogP contribution in [0.25, 0.3) is 0 Å².